The summed E-state index contributed by atoms with van der Waals surface area (Å²) in [6.07, 6.45) is 22.1. The SMILES string of the molecule is CCCCCCCCCCCCCCBr.CCc1cccnc1. The maximum Gasteiger partial charge on any atom is 0.0299 e. The Bertz CT molecular complexity index is 301. The molecule has 0 aromatic carbocycles. The fraction of sp³-hybridized carbons (Fsp3) is 0.762. The predicted octanol–water partition coefficient (Wildman–Crippen LogP) is 7.73. The van der Waals surface area contributed by atoms with Crippen LogP contribution in [0.5, 0.6) is 0 Å². The maximum absolute atomic E-state index is 3.96. The zero-order valence-corrected chi connectivity index (χ0v) is 17.1. The molecule has 1 heterocycles. The summed E-state index contributed by atoms with van der Waals surface area (Å²) >= 11 is 3.47. The van der Waals surface area contributed by atoms with Crippen LogP contribution < -0.4 is 0 Å². The lowest BCUT2D eigenvalue weighted by atomic mass is 10.1. The number of rotatable bonds is 13. The smallest absolute Gasteiger partial charge is 0.0299 e. The third-order valence-corrected chi connectivity index (χ3v) is 4.68. The van der Waals surface area contributed by atoms with Crippen LogP contribution in [0.15, 0.2) is 24.5 Å². The van der Waals surface area contributed by atoms with Crippen molar-refractivity contribution in [3.8, 4) is 0 Å². The minimum atomic E-state index is 1.08. The second-order valence-electron chi connectivity index (χ2n) is 6.29. The number of hydrogen-bond acceptors (Lipinski definition) is 1. The van der Waals surface area contributed by atoms with Gasteiger partial charge in [-0.25, -0.2) is 0 Å². The molecule has 2 heteroatoms. The quantitative estimate of drug-likeness (QED) is 0.250. The molecule has 134 valence electrons. The van der Waals surface area contributed by atoms with Gasteiger partial charge in [-0.15, -0.1) is 0 Å². The molecule has 0 bridgehead atoms. The van der Waals surface area contributed by atoms with Crippen LogP contribution in [0.3, 0.4) is 0 Å². The highest BCUT2D eigenvalue weighted by Crippen LogP contribution is 2.12. The normalized spacial score (nSPS) is 10.2. The molecule has 0 aliphatic rings. The van der Waals surface area contributed by atoms with E-state index in [1.807, 2.05) is 12.3 Å². The minimum Gasteiger partial charge on any atom is -0.264 e. The van der Waals surface area contributed by atoms with Crippen LogP contribution in [0, 0.1) is 0 Å². The van der Waals surface area contributed by atoms with Gasteiger partial charge in [0.2, 0.25) is 0 Å². The minimum absolute atomic E-state index is 1.08. The third kappa shape index (κ3) is 17.8. The molecule has 0 aliphatic carbocycles. The van der Waals surface area contributed by atoms with Crippen molar-refractivity contribution in [2.45, 2.75) is 97.3 Å². The van der Waals surface area contributed by atoms with E-state index in [4.69, 9.17) is 0 Å². The molecule has 1 nitrogen and oxygen atoms in total. The molecular formula is C21H38BrN. The maximum atomic E-state index is 3.96. The number of hydrogen-bond donors (Lipinski definition) is 0. The van der Waals surface area contributed by atoms with Crippen molar-refractivity contribution in [1.29, 1.82) is 0 Å². The monoisotopic (exact) mass is 383 g/mol. The number of aryl methyl sites for hydroxylation is 1. The zero-order valence-electron chi connectivity index (χ0n) is 15.5. The van der Waals surface area contributed by atoms with Gasteiger partial charge in [-0.1, -0.05) is 106 Å². The Hall–Kier alpha value is -0.370. The summed E-state index contributed by atoms with van der Waals surface area (Å²) in [7, 11) is 0. The molecule has 1 aromatic heterocycles. The molecule has 0 N–H and O–H groups in total. The van der Waals surface area contributed by atoms with Crippen molar-refractivity contribution in [3.63, 3.8) is 0 Å². The van der Waals surface area contributed by atoms with E-state index in [2.05, 4.69) is 40.8 Å². The van der Waals surface area contributed by atoms with Crippen molar-refractivity contribution >= 4 is 15.9 Å². The average molecular weight is 384 g/mol. The van der Waals surface area contributed by atoms with Crippen LogP contribution in [0.4, 0.5) is 0 Å². The van der Waals surface area contributed by atoms with Gasteiger partial charge in [-0.05, 0) is 24.5 Å². The van der Waals surface area contributed by atoms with Gasteiger partial charge >= 0.3 is 0 Å². The molecule has 23 heavy (non-hydrogen) atoms. The summed E-state index contributed by atoms with van der Waals surface area (Å²) in [4.78, 5) is 3.96. The van der Waals surface area contributed by atoms with Crippen molar-refractivity contribution in [2.75, 3.05) is 5.33 Å². The number of unbranched alkanes of at least 4 members (excludes halogenated alkanes) is 11. The van der Waals surface area contributed by atoms with Crippen LogP contribution in [-0.2, 0) is 6.42 Å². The van der Waals surface area contributed by atoms with Crippen molar-refractivity contribution in [3.05, 3.63) is 30.1 Å². The van der Waals surface area contributed by atoms with Gasteiger partial charge in [0, 0.05) is 17.7 Å². The van der Waals surface area contributed by atoms with Crippen LogP contribution >= 0.6 is 15.9 Å². The lowest BCUT2D eigenvalue weighted by molar-refractivity contribution is 0.548. The number of aromatic nitrogens is 1. The Labute approximate surface area is 153 Å². The summed E-state index contributed by atoms with van der Waals surface area (Å²) in [6, 6.07) is 4.03. The molecular weight excluding hydrogens is 346 g/mol. The highest BCUT2D eigenvalue weighted by molar-refractivity contribution is 9.09. The summed E-state index contributed by atoms with van der Waals surface area (Å²) in [5.41, 5.74) is 1.30. The highest BCUT2D eigenvalue weighted by Gasteiger charge is 1.92. The molecule has 0 spiro atoms. The van der Waals surface area contributed by atoms with E-state index < -0.39 is 0 Å². The van der Waals surface area contributed by atoms with Gasteiger partial charge in [-0.3, -0.25) is 4.98 Å². The van der Waals surface area contributed by atoms with E-state index in [1.54, 1.807) is 6.20 Å². The Balaban J connectivity index is 0.000000502. The lowest BCUT2D eigenvalue weighted by Crippen LogP contribution is -1.82. The van der Waals surface area contributed by atoms with Crippen LogP contribution in [0.2, 0.25) is 0 Å². The Kier molecular flexibility index (Phi) is 19.4. The first kappa shape index (κ1) is 22.6. The molecule has 1 rings (SSSR count). The fourth-order valence-corrected chi connectivity index (χ4v) is 2.94. The fourth-order valence-electron chi connectivity index (χ4n) is 2.54. The van der Waals surface area contributed by atoms with Gasteiger partial charge in [0.25, 0.3) is 0 Å². The molecule has 0 saturated heterocycles. The number of halogens is 1. The molecule has 0 amide bonds. The summed E-state index contributed by atoms with van der Waals surface area (Å²) in [6.45, 7) is 4.41. The molecule has 0 atom stereocenters. The van der Waals surface area contributed by atoms with Crippen LogP contribution in [0.25, 0.3) is 0 Å². The molecule has 0 fully saturated rings. The summed E-state index contributed by atoms with van der Waals surface area (Å²) < 4.78 is 0. The van der Waals surface area contributed by atoms with Crippen molar-refractivity contribution in [2.24, 2.45) is 0 Å². The zero-order chi connectivity index (χ0) is 17.0. The van der Waals surface area contributed by atoms with Crippen LogP contribution in [-0.4, -0.2) is 10.3 Å². The van der Waals surface area contributed by atoms with Gasteiger partial charge in [0.05, 0.1) is 0 Å². The van der Waals surface area contributed by atoms with Crippen molar-refractivity contribution in [1.82, 2.24) is 4.98 Å². The topological polar surface area (TPSA) is 12.9 Å². The van der Waals surface area contributed by atoms with E-state index in [9.17, 15) is 0 Å². The van der Waals surface area contributed by atoms with E-state index in [1.165, 1.54) is 87.9 Å². The Morgan fingerprint density at radius 2 is 1.30 bits per heavy atom. The first-order valence-electron chi connectivity index (χ1n) is 9.80. The average Bonchev–Trinajstić information content (AvgIpc) is 2.61. The third-order valence-electron chi connectivity index (χ3n) is 4.12. The Morgan fingerprint density at radius 1 is 0.783 bits per heavy atom. The molecule has 0 saturated carbocycles. The number of alkyl halides is 1. The van der Waals surface area contributed by atoms with E-state index >= 15 is 0 Å². The first-order valence-corrected chi connectivity index (χ1v) is 10.9. The van der Waals surface area contributed by atoms with Gasteiger partial charge in [0.15, 0.2) is 0 Å². The van der Waals surface area contributed by atoms with Gasteiger partial charge in [-0.2, -0.15) is 0 Å². The largest absolute Gasteiger partial charge is 0.264 e. The second kappa shape index (κ2) is 19.7. The summed E-state index contributed by atoms with van der Waals surface area (Å²) in [5.74, 6) is 0. The van der Waals surface area contributed by atoms with E-state index in [-0.39, 0.29) is 0 Å². The number of nitrogens with zero attached hydrogens (tertiary/aromatic N) is 1. The van der Waals surface area contributed by atoms with Crippen LogP contribution in [0.1, 0.15) is 96.5 Å². The number of pyridine rings is 1. The highest BCUT2D eigenvalue weighted by atomic mass is 79.9. The van der Waals surface area contributed by atoms with Gasteiger partial charge in [0.1, 0.15) is 0 Å². The predicted molar refractivity (Wildman–Crippen MR) is 108 cm³/mol. The first-order chi connectivity index (χ1) is 11.3. The second-order valence-corrected chi connectivity index (χ2v) is 7.09. The van der Waals surface area contributed by atoms with Crippen molar-refractivity contribution < 1.29 is 0 Å². The lowest BCUT2D eigenvalue weighted by Gasteiger charge is -2.01. The molecule has 0 unspecified atom stereocenters. The Morgan fingerprint density at radius 3 is 1.65 bits per heavy atom. The standard InChI is InChI=1S/C14H29Br.C7H9N/c1-2-3-4-5-6-7-8-9-10-11-12-13-14-15;1-2-7-4-3-5-8-6-7/h2-14H2,1H3;3-6H,2H2,1H3. The van der Waals surface area contributed by atoms with E-state index in [0.717, 1.165) is 6.42 Å². The summed E-state index contributed by atoms with van der Waals surface area (Å²) in [5, 5.41) is 1.18. The molecule has 1 aromatic rings. The molecule has 0 radical (unpaired) electrons. The van der Waals surface area contributed by atoms with E-state index in [0.29, 0.717) is 0 Å². The van der Waals surface area contributed by atoms with Gasteiger partial charge < -0.3 is 0 Å². The molecule has 0 aliphatic heterocycles.